The Bertz CT molecular complexity index is 1550. The fourth-order valence-electron chi connectivity index (χ4n) is 5.36. The van der Waals surface area contributed by atoms with Crippen LogP contribution in [0, 0.1) is 0 Å². The molecule has 1 aliphatic rings. The highest BCUT2D eigenvalue weighted by molar-refractivity contribution is 7.89. The second-order valence-electron chi connectivity index (χ2n) is 11.7. The Morgan fingerprint density at radius 3 is 2.33 bits per heavy atom. The summed E-state index contributed by atoms with van der Waals surface area (Å²) in [6.45, 7) is 5.47. The zero-order valence-electron chi connectivity index (χ0n) is 23.3. The summed E-state index contributed by atoms with van der Waals surface area (Å²) in [6.07, 6.45) is 6.69. The van der Waals surface area contributed by atoms with Crippen molar-refractivity contribution in [2.45, 2.75) is 68.8 Å². The van der Waals surface area contributed by atoms with Crippen LogP contribution >= 0.6 is 0 Å². The number of hydrogen-bond donors (Lipinski definition) is 2. The normalized spacial score (nSPS) is 18.5. The monoisotopic (exact) mass is 546 g/mol. The lowest BCUT2D eigenvalue weighted by Crippen LogP contribution is -2.40. The summed E-state index contributed by atoms with van der Waals surface area (Å²) in [4.78, 5) is 7.05. The first-order valence-corrected chi connectivity index (χ1v) is 15.0. The summed E-state index contributed by atoms with van der Waals surface area (Å²) in [5, 5.41) is 8.04. The van der Waals surface area contributed by atoms with Gasteiger partial charge in [0.1, 0.15) is 0 Å². The molecule has 2 aromatic carbocycles. The SMILES string of the molecule is CN(C)C1CCC(c2ccc(Nc3ncc4ccc(-c5cccc(S(=O)(=O)NC(C)(C)C)c5)n4n3)cc2)CC1. The number of sulfonamides is 1. The summed E-state index contributed by atoms with van der Waals surface area (Å²) < 4.78 is 30.3. The van der Waals surface area contributed by atoms with Crippen molar-refractivity contribution in [2.75, 3.05) is 19.4 Å². The fraction of sp³-hybridized carbons (Fsp3) is 0.400. The van der Waals surface area contributed by atoms with E-state index in [1.165, 1.54) is 31.2 Å². The Morgan fingerprint density at radius 1 is 0.949 bits per heavy atom. The molecular weight excluding hydrogens is 508 g/mol. The Morgan fingerprint density at radius 2 is 1.67 bits per heavy atom. The van der Waals surface area contributed by atoms with E-state index in [-0.39, 0.29) is 4.90 Å². The molecule has 4 aromatic rings. The third-order valence-corrected chi connectivity index (χ3v) is 9.10. The molecule has 0 saturated heterocycles. The largest absolute Gasteiger partial charge is 0.323 e. The first-order chi connectivity index (χ1) is 18.5. The zero-order valence-corrected chi connectivity index (χ0v) is 24.2. The van der Waals surface area contributed by atoms with Gasteiger partial charge in [0.15, 0.2) is 0 Å². The molecule has 39 heavy (non-hydrogen) atoms. The number of anilines is 2. The van der Waals surface area contributed by atoms with E-state index < -0.39 is 15.6 Å². The van der Waals surface area contributed by atoms with Gasteiger partial charge in [-0.15, -0.1) is 5.10 Å². The molecule has 1 saturated carbocycles. The average molecular weight is 547 g/mol. The van der Waals surface area contributed by atoms with Crippen LogP contribution in [-0.4, -0.2) is 53.6 Å². The van der Waals surface area contributed by atoms with Crippen molar-refractivity contribution in [3.63, 3.8) is 0 Å². The number of nitrogens with one attached hydrogen (secondary N) is 2. The number of nitrogens with zero attached hydrogens (tertiary/aromatic N) is 4. The van der Waals surface area contributed by atoms with Crippen LogP contribution in [0.2, 0.25) is 0 Å². The minimum atomic E-state index is -3.66. The highest BCUT2D eigenvalue weighted by Crippen LogP contribution is 2.35. The lowest BCUT2D eigenvalue weighted by molar-refractivity contribution is 0.216. The van der Waals surface area contributed by atoms with Crippen LogP contribution in [0.5, 0.6) is 0 Å². The standard InChI is InChI=1S/C30H38N6O2S/c1-30(2,3)34-39(37,38)27-8-6-7-23(19-27)28-18-17-26-20-31-29(33-36(26)28)32-24-13-9-21(10-14-24)22-11-15-25(16-12-22)35(4)5/h6-10,13-14,17-20,22,25,34H,11-12,15-16H2,1-5H3,(H,32,33). The molecule has 0 aliphatic heterocycles. The first kappa shape index (κ1) is 27.3. The molecule has 0 atom stereocenters. The highest BCUT2D eigenvalue weighted by Gasteiger charge is 2.24. The van der Waals surface area contributed by atoms with E-state index in [9.17, 15) is 8.42 Å². The van der Waals surface area contributed by atoms with Gasteiger partial charge >= 0.3 is 0 Å². The first-order valence-electron chi connectivity index (χ1n) is 13.5. The van der Waals surface area contributed by atoms with Crippen LogP contribution in [0.15, 0.2) is 71.8 Å². The molecule has 1 fully saturated rings. The van der Waals surface area contributed by atoms with Crippen LogP contribution in [-0.2, 0) is 10.0 Å². The van der Waals surface area contributed by atoms with E-state index in [0.29, 0.717) is 17.9 Å². The second-order valence-corrected chi connectivity index (χ2v) is 13.4. The average Bonchev–Trinajstić information content (AvgIpc) is 3.31. The van der Waals surface area contributed by atoms with Gasteiger partial charge in [0, 0.05) is 22.8 Å². The van der Waals surface area contributed by atoms with Crippen LogP contribution in [0.4, 0.5) is 11.6 Å². The van der Waals surface area contributed by atoms with E-state index in [0.717, 1.165) is 22.5 Å². The molecule has 0 unspecified atom stereocenters. The minimum absolute atomic E-state index is 0.215. The second kappa shape index (κ2) is 10.7. The van der Waals surface area contributed by atoms with Crippen LogP contribution < -0.4 is 10.0 Å². The zero-order chi connectivity index (χ0) is 27.8. The lowest BCUT2D eigenvalue weighted by Gasteiger charge is -2.32. The molecule has 206 valence electrons. The molecule has 0 amide bonds. The highest BCUT2D eigenvalue weighted by atomic mass is 32.2. The van der Waals surface area contributed by atoms with Gasteiger partial charge in [0.25, 0.3) is 0 Å². The van der Waals surface area contributed by atoms with E-state index in [4.69, 9.17) is 5.10 Å². The maximum absolute atomic E-state index is 12.9. The predicted octanol–water partition coefficient (Wildman–Crippen LogP) is 5.80. The van der Waals surface area contributed by atoms with E-state index >= 15 is 0 Å². The predicted molar refractivity (Wildman–Crippen MR) is 157 cm³/mol. The van der Waals surface area contributed by atoms with Gasteiger partial charge in [-0.05, 0) is 108 Å². The number of hydrogen-bond acceptors (Lipinski definition) is 6. The summed E-state index contributed by atoms with van der Waals surface area (Å²) in [6, 6.07) is 20.1. The van der Waals surface area contributed by atoms with E-state index in [1.807, 2.05) is 39.0 Å². The van der Waals surface area contributed by atoms with Crippen molar-refractivity contribution in [1.29, 1.82) is 0 Å². The van der Waals surface area contributed by atoms with Gasteiger partial charge in [-0.3, -0.25) is 0 Å². The van der Waals surface area contributed by atoms with Gasteiger partial charge in [-0.2, -0.15) is 0 Å². The third kappa shape index (κ3) is 6.32. The quantitative estimate of drug-likeness (QED) is 0.304. The Hall–Kier alpha value is -3.27. The summed E-state index contributed by atoms with van der Waals surface area (Å²) in [7, 11) is 0.692. The molecule has 8 nitrogen and oxygen atoms in total. The molecule has 2 aromatic heterocycles. The molecular formula is C30H38N6O2S. The van der Waals surface area contributed by atoms with Gasteiger partial charge < -0.3 is 10.2 Å². The van der Waals surface area contributed by atoms with Gasteiger partial charge in [-0.25, -0.2) is 22.6 Å². The number of fused-ring (bicyclic) bond motifs is 1. The molecule has 1 aliphatic carbocycles. The molecule has 0 spiro atoms. The Kier molecular flexibility index (Phi) is 7.50. The molecule has 2 N–H and O–H groups in total. The third-order valence-electron chi connectivity index (χ3n) is 7.34. The summed E-state index contributed by atoms with van der Waals surface area (Å²) in [5.74, 6) is 1.08. The van der Waals surface area contributed by atoms with Crippen LogP contribution in [0.3, 0.4) is 0 Å². The molecule has 5 rings (SSSR count). The molecule has 2 heterocycles. The topological polar surface area (TPSA) is 91.6 Å². The van der Waals surface area contributed by atoms with E-state index in [1.54, 1.807) is 28.9 Å². The minimum Gasteiger partial charge on any atom is -0.323 e. The van der Waals surface area contributed by atoms with Crippen LogP contribution in [0.1, 0.15) is 57.9 Å². The van der Waals surface area contributed by atoms with Crippen LogP contribution in [0.25, 0.3) is 16.8 Å². The van der Waals surface area contributed by atoms with Gasteiger partial charge in [0.05, 0.1) is 22.3 Å². The maximum Gasteiger partial charge on any atom is 0.245 e. The lowest BCUT2D eigenvalue weighted by atomic mass is 9.81. The van der Waals surface area contributed by atoms with Crippen molar-refractivity contribution in [1.82, 2.24) is 24.2 Å². The molecule has 9 heteroatoms. The molecule has 0 radical (unpaired) electrons. The Balaban J connectivity index is 1.34. The Labute approximate surface area is 231 Å². The number of rotatable bonds is 7. The smallest absolute Gasteiger partial charge is 0.245 e. The van der Waals surface area contributed by atoms with E-state index in [2.05, 4.69) is 58.3 Å². The van der Waals surface area contributed by atoms with Crippen molar-refractivity contribution in [3.8, 4) is 11.3 Å². The summed E-state index contributed by atoms with van der Waals surface area (Å²) >= 11 is 0. The van der Waals surface area contributed by atoms with Crippen molar-refractivity contribution >= 4 is 27.2 Å². The van der Waals surface area contributed by atoms with Crippen molar-refractivity contribution < 1.29 is 8.42 Å². The molecule has 0 bridgehead atoms. The van der Waals surface area contributed by atoms with Gasteiger partial charge in [-0.1, -0.05) is 24.3 Å². The van der Waals surface area contributed by atoms with Crippen molar-refractivity contribution in [2.24, 2.45) is 0 Å². The summed E-state index contributed by atoms with van der Waals surface area (Å²) in [5.41, 5.74) is 4.10. The van der Waals surface area contributed by atoms with Gasteiger partial charge in [0.2, 0.25) is 16.0 Å². The maximum atomic E-state index is 12.9. The van der Waals surface area contributed by atoms with Crippen molar-refractivity contribution in [3.05, 3.63) is 72.4 Å². The number of aromatic nitrogens is 3. The fourth-order valence-corrected chi connectivity index (χ4v) is 6.82. The number of benzene rings is 2.